The van der Waals surface area contributed by atoms with Crippen molar-refractivity contribution < 1.29 is 13.2 Å². The van der Waals surface area contributed by atoms with Gasteiger partial charge in [-0.25, -0.2) is 9.71 Å². The van der Waals surface area contributed by atoms with E-state index >= 15 is 0 Å². The highest BCUT2D eigenvalue weighted by Gasteiger charge is 2.27. The summed E-state index contributed by atoms with van der Waals surface area (Å²) in [5, 5.41) is 1.98. The Kier molecular flexibility index (Phi) is 7.76. The van der Waals surface area contributed by atoms with Gasteiger partial charge < -0.3 is 4.90 Å². The molecule has 41 heavy (non-hydrogen) atoms. The number of hydrogen-bond donors (Lipinski definition) is 1. The third-order valence-corrected chi connectivity index (χ3v) is 9.83. The first-order valence-corrected chi connectivity index (χ1v) is 16.0. The molecule has 210 valence electrons. The van der Waals surface area contributed by atoms with E-state index in [0.29, 0.717) is 4.96 Å². The van der Waals surface area contributed by atoms with Gasteiger partial charge in [-0.05, 0) is 53.1 Å². The molecular weight excluding hydrogens is 601 g/mol. The number of piperazine rings is 1. The molecule has 3 aromatic carbocycles. The van der Waals surface area contributed by atoms with E-state index in [4.69, 9.17) is 23.2 Å². The molecule has 3 heterocycles. The van der Waals surface area contributed by atoms with Gasteiger partial charge in [-0.2, -0.15) is 8.42 Å². The summed E-state index contributed by atoms with van der Waals surface area (Å²) >= 11 is 13.4. The first-order chi connectivity index (χ1) is 19.8. The van der Waals surface area contributed by atoms with Crippen LogP contribution in [0.3, 0.4) is 0 Å². The van der Waals surface area contributed by atoms with Gasteiger partial charge >= 0.3 is 0 Å². The topological polar surface area (TPSA) is 87.0 Å². The van der Waals surface area contributed by atoms with Crippen molar-refractivity contribution in [3.05, 3.63) is 106 Å². The summed E-state index contributed by atoms with van der Waals surface area (Å²) in [5.41, 5.74) is 4.83. The zero-order chi connectivity index (χ0) is 28.6. The SMILES string of the molecule is O=C(NS(=O)(=O)c1c(Cl)nc2sccn12)c1ccc(N2CCN(Cc3ccccc3-c3ccc(Cl)cc3)CC2)cc1. The Morgan fingerprint density at radius 1 is 0.927 bits per heavy atom. The van der Waals surface area contributed by atoms with Crippen molar-refractivity contribution >= 4 is 61.1 Å². The Labute approximate surface area is 251 Å². The standard InChI is InChI=1S/C29H25Cl2N5O3S2/c30-23-9-5-20(6-10-23)25-4-2-1-3-22(25)19-34-13-15-35(16-14-34)24-11-7-21(8-12-24)27(37)33-41(38,39)28-26(31)32-29-36(28)17-18-40-29/h1-12,17-18H,13-16,19H2,(H,33,37). The Hall–Kier alpha value is -3.41. The largest absolute Gasteiger partial charge is 0.369 e. The molecule has 1 saturated heterocycles. The van der Waals surface area contributed by atoms with Gasteiger partial charge in [-0.3, -0.25) is 14.1 Å². The van der Waals surface area contributed by atoms with E-state index in [1.54, 1.807) is 23.7 Å². The third kappa shape index (κ3) is 5.84. The number of rotatable bonds is 7. The molecule has 2 aromatic heterocycles. The van der Waals surface area contributed by atoms with Crippen LogP contribution in [0.2, 0.25) is 10.2 Å². The number of imidazole rings is 1. The number of amides is 1. The molecule has 1 aliphatic heterocycles. The average molecular weight is 627 g/mol. The number of carbonyl (C=O) groups excluding carboxylic acids is 1. The minimum atomic E-state index is -4.22. The van der Waals surface area contributed by atoms with E-state index in [1.165, 1.54) is 26.9 Å². The predicted molar refractivity (Wildman–Crippen MR) is 164 cm³/mol. The van der Waals surface area contributed by atoms with Crippen molar-refractivity contribution in [2.75, 3.05) is 31.1 Å². The van der Waals surface area contributed by atoms with Gasteiger partial charge in [-0.1, -0.05) is 59.6 Å². The Bertz CT molecular complexity index is 1810. The van der Waals surface area contributed by atoms with Gasteiger partial charge in [0.05, 0.1) is 0 Å². The fourth-order valence-electron chi connectivity index (χ4n) is 5.01. The summed E-state index contributed by atoms with van der Waals surface area (Å²) in [4.78, 5) is 22.0. The molecule has 0 unspecified atom stereocenters. The molecule has 0 aliphatic carbocycles. The van der Waals surface area contributed by atoms with Gasteiger partial charge in [-0.15, -0.1) is 11.3 Å². The molecular formula is C29H25Cl2N5O3S2. The van der Waals surface area contributed by atoms with Crippen molar-refractivity contribution in [1.82, 2.24) is 19.0 Å². The lowest BCUT2D eigenvalue weighted by Crippen LogP contribution is -2.46. The number of nitrogens with one attached hydrogen (secondary N) is 1. The highest BCUT2D eigenvalue weighted by Crippen LogP contribution is 2.28. The lowest BCUT2D eigenvalue weighted by molar-refractivity contribution is 0.0981. The number of sulfonamides is 1. The highest BCUT2D eigenvalue weighted by atomic mass is 35.5. The lowest BCUT2D eigenvalue weighted by Gasteiger charge is -2.36. The van der Waals surface area contributed by atoms with E-state index in [2.05, 4.69) is 43.8 Å². The van der Waals surface area contributed by atoms with Crippen molar-refractivity contribution in [3.8, 4) is 11.1 Å². The van der Waals surface area contributed by atoms with Crippen LogP contribution in [-0.2, 0) is 16.6 Å². The number of halogens is 2. The maximum Gasteiger partial charge on any atom is 0.283 e. The van der Waals surface area contributed by atoms with E-state index in [9.17, 15) is 13.2 Å². The second-order valence-corrected chi connectivity index (χ2v) is 12.9. The maximum atomic E-state index is 12.9. The summed E-state index contributed by atoms with van der Waals surface area (Å²) in [6.45, 7) is 4.29. The van der Waals surface area contributed by atoms with Gasteiger partial charge in [0.1, 0.15) is 0 Å². The number of thiazole rings is 1. The number of nitrogens with zero attached hydrogens (tertiary/aromatic N) is 4. The molecule has 0 radical (unpaired) electrons. The lowest BCUT2D eigenvalue weighted by atomic mass is 9.99. The van der Waals surface area contributed by atoms with Crippen molar-refractivity contribution in [2.24, 2.45) is 0 Å². The quantitative estimate of drug-likeness (QED) is 0.246. The molecule has 5 aromatic rings. The molecule has 0 saturated carbocycles. The molecule has 1 amide bonds. The number of anilines is 1. The number of carbonyl (C=O) groups is 1. The third-order valence-electron chi connectivity index (χ3n) is 7.09. The van der Waals surface area contributed by atoms with Gasteiger partial charge in [0.25, 0.3) is 15.9 Å². The van der Waals surface area contributed by atoms with Crippen LogP contribution < -0.4 is 9.62 Å². The fraction of sp³-hybridized carbons (Fsp3) is 0.172. The van der Waals surface area contributed by atoms with Crippen LogP contribution in [0, 0.1) is 0 Å². The maximum absolute atomic E-state index is 12.9. The van der Waals surface area contributed by atoms with Crippen molar-refractivity contribution in [3.63, 3.8) is 0 Å². The molecule has 0 bridgehead atoms. The molecule has 8 nitrogen and oxygen atoms in total. The summed E-state index contributed by atoms with van der Waals surface area (Å²) in [7, 11) is -4.22. The highest BCUT2D eigenvalue weighted by molar-refractivity contribution is 7.90. The number of aromatic nitrogens is 2. The van der Waals surface area contributed by atoms with Crippen LogP contribution in [0.15, 0.2) is 89.4 Å². The summed E-state index contributed by atoms with van der Waals surface area (Å²) in [5.74, 6) is -0.734. The van der Waals surface area contributed by atoms with E-state index in [0.717, 1.165) is 49.0 Å². The van der Waals surface area contributed by atoms with E-state index in [-0.39, 0.29) is 15.7 Å². The van der Waals surface area contributed by atoms with Crippen LogP contribution in [-0.4, -0.2) is 54.8 Å². The molecule has 1 fully saturated rings. The summed E-state index contributed by atoms with van der Waals surface area (Å²) < 4.78 is 29.3. The minimum Gasteiger partial charge on any atom is -0.369 e. The molecule has 0 atom stereocenters. The van der Waals surface area contributed by atoms with Crippen LogP contribution in [0.5, 0.6) is 0 Å². The molecule has 12 heteroatoms. The second-order valence-electron chi connectivity index (χ2n) is 9.67. The Balaban J connectivity index is 1.08. The number of benzene rings is 3. The summed E-state index contributed by atoms with van der Waals surface area (Å²) in [6.07, 6.45) is 1.55. The van der Waals surface area contributed by atoms with Crippen LogP contribution in [0.1, 0.15) is 15.9 Å². The zero-order valence-corrected chi connectivity index (χ0v) is 24.8. The first-order valence-electron chi connectivity index (χ1n) is 12.9. The minimum absolute atomic E-state index is 0.180. The fourth-order valence-corrected chi connectivity index (χ4v) is 7.56. The van der Waals surface area contributed by atoms with Crippen molar-refractivity contribution in [1.29, 1.82) is 0 Å². The number of hydrogen-bond acceptors (Lipinski definition) is 7. The molecule has 0 spiro atoms. The zero-order valence-electron chi connectivity index (χ0n) is 21.7. The monoisotopic (exact) mass is 625 g/mol. The van der Waals surface area contributed by atoms with E-state index < -0.39 is 15.9 Å². The second kappa shape index (κ2) is 11.5. The van der Waals surface area contributed by atoms with Crippen LogP contribution in [0.25, 0.3) is 16.1 Å². The van der Waals surface area contributed by atoms with Crippen molar-refractivity contribution in [2.45, 2.75) is 11.6 Å². The van der Waals surface area contributed by atoms with E-state index in [1.807, 2.05) is 36.4 Å². The normalized spacial score (nSPS) is 14.4. The van der Waals surface area contributed by atoms with Gasteiger partial charge in [0, 0.05) is 60.6 Å². The summed E-state index contributed by atoms with van der Waals surface area (Å²) in [6, 6.07) is 23.3. The molecule has 1 aliphatic rings. The smallest absolute Gasteiger partial charge is 0.283 e. The molecule has 1 N–H and O–H groups in total. The molecule has 6 rings (SSSR count). The Morgan fingerprint density at radius 2 is 1.63 bits per heavy atom. The van der Waals surface area contributed by atoms with Crippen LogP contribution >= 0.6 is 34.5 Å². The van der Waals surface area contributed by atoms with Crippen LogP contribution in [0.4, 0.5) is 5.69 Å². The average Bonchev–Trinajstić information content (AvgIpc) is 3.54. The first kappa shape index (κ1) is 27.7. The predicted octanol–water partition coefficient (Wildman–Crippen LogP) is 5.81. The number of fused-ring (bicyclic) bond motifs is 1. The van der Waals surface area contributed by atoms with Gasteiger partial charge in [0.15, 0.2) is 15.1 Å². The van der Waals surface area contributed by atoms with Gasteiger partial charge in [0.2, 0.25) is 0 Å². The Morgan fingerprint density at radius 3 is 2.37 bits per heavy atom.